The average molecular weight is 355 g/mol. The van der Waals surface area contributed by atoms with Crippen LogP contribution in [0, 0.1) is 0 Å². The van der Waals surface area contributed by atoms with Gasteiger partial charge in [0.1, 0.15) is 5.75 Å². The molecule has 0 aliphatic rings. The van der Waals surface area contributed by atoms with E-state index in [-0.39, 0.29) is 12.5 Å². The molecule has 2 aromatic rings. The molecule has 0 radical (unpaired) electrons. The maximum Gasteiger partial charge on any atom is 0.339 e. The number of hydrogen-bond donors (Lipinski definition) is 0. The van der Waals surface area contributed by atoms with Gasteiger partial charge in [-0.1, -0.05) is 44.2 Å². The molecule has 0 aliphatic carbocycles. The van der Waals surface area contributed by atoms with Crippen LogP contribution in [0.4, 0.5) is 5.69 Å². The van der Waals surface area contributed by atoms with Gasteiger partial charge in [-0.15, -0.1) is 0 Å². The smallest absolute Gasteiger partial charge is 0.339 e. The summed E-state index contributed by atoms with van der Waals surface area (Å²) in [4.78, 5) is 25.9. The lowest BCUT2D eigenvalue weighted by Crippen LogP contribution is -2.32. The number of carbonyl (C=O) groups is 2. The summed E-state index contributed by atoms with van der Waals surface area (Å²) >= 11 is 0. The molecular weight excluding hydrogens is 330 g/mol. The van der Waals surface area contributed by atoms with Crippen LogP contribution >= 0.6 is 0 Å². The molecule has 5 heteroatoms. The summed E-state index contributed by atoms with van der Waals surface area (Å²) in [5.41, 5.74) is 1.91. The molecule has 2 aromatic carbocycles. The Bertz CT molecular complexity index is 772. The largest absolute Gasteiger partial charge is 0.483 e. The maximum atomic E-state index is 12.6. The van der Waals surface area contributed by atoms with Crippen molar-refractivity contribution >= 4 is 17.6 Å². The van der Waals surface area contributed by atoms with Gasteiger partial charge in [0, 0.05) is 7.05 Å². The number of para-hydroxylation sites is 2. The first kappa shape index (κ1) is 19.5. The second kappa shape index (κ2) is 9.04. The van der Waals surface area contributed by atoms with Crippen molar-refractivity contribution in [2.75, 3.05) is 25.7 Å². The molecule has 1 amide bonds. The van der Waals surface area contributed by atoms with Crippen molar-refractivity contribution in [2.24, 2.45) is 0 Å². The first-order valence-corrected chi connectivity index (χ1v) is 8.65. The molecule has 26 heavy (non-hydrogen) atoms. The quantitative estimate of drug-likeness (QED) is 0.704. The number of nitrogens with zero attached hydrogens (tertiary/aromatic N) is 1. The van der Waals surface area contributed by atoms with Crippen molar-refractivity contribution < 1.29 is 19.1 Å². The fourth-order valence-electron chi connectivity index (χ4n) is 2.66. The van der Waals surface area contributed by atoms with Gasteiger partial charge in [0.15, 0.2) is 6.61 Å². The van der Waals surface area contributed by atoms with Crippen molar-refractivity contribution in [2.45, 2.75) is 26.2 Å². The number of anilines is 1. The Balaban J connectivity index is 2.13. The third kappa shape index (κ3) is 4.42. The number of ether oxygens (including phenoxy) is 2. The number of amides is 1. The van der Waals surface area contributed by atoms with E-state index < -0.39 is 5.97 Å². The normalized spacial score (nSPS) is 11.5. The molecule has 1 atom stereocenters. The summed E-state index contributed by atoms with van der Waals surface area (Å²) in [6.07, 6.45) is 0.987. The van der Waals surface area contributed by atoms with Gasteiger partial charge in [-0.3, -0.25) is 4.79 Å². The molecule has 0 spiro atoms. The minimum atomic E-state index is -0.483. The van der Waals surface area contributed by atoms with Gasteiger partial charge in [-0.25, -0.2) is 4.79 Å². The number of esters is 1. The molecular formula is C21H25NO4. The Hall–Kier alpha value is -2.82. The molecule has 1 unspecified atom stereocenters. The highest BCUT2D eigenvalue weighted by Gasteiger charge is 2.19. The summed E-state index contributed by atoms with van der Waals surface area (Å²) in [5, 5.41) is 0. The van der Waals surface area contributed by atoms with Crippen LogP contribution in [0.5, 0.6) is 5.75 Å². The third-order valence-electron chi connectivity index (χ3n) is 4.46. The number of rotatable bonds is 7. The first-order valence-electron chi connectivity index (χ1n) is 8.65. The molecule has 0 heterocycles. The fraction of sp³-hybridized carbons (Fsp3) is 0.333. The zero-order valence-corrected chi connectivity index (χ0v) is 15.7. The molecule has 0 N–H and O–H groups in total. The summed E-state index contributed by atoms with van der Waals surface area (Å²) in [5.74, 6) is 0.326. The summed E-state index contributed by atoms with van der Waals surface area (Å²) in [6, 6.07) is 14.6. The molecule has 0 fully saturated rings. The van der Waals surface area contributed by atoms with Crippen molar-refractivity contribution in [3.8, 4) is 5.75 Å². The van der Waals surface area contributed by atoms with Crippen LogP contribution in [0.2, 0.25) is 0 Å². The maximum absolute atomic E-state index is 12.6. The lowest BCUT2D eigenvalue weighted by molar-refractivity contribution is -0.120. The standard InChI is InChI=1S/C21H25NO4/c1-5-15(2)16-10-7-9-13-19(16)26-14-20(23)22(3)18-12-8-6-11-17(18)21(24)25-4/h6-13,15H,5,14H2,1-4H3. The van der Waals surface area contributed by atoms with E-state index in [1.165, 1.54) is 12.0 Å². The molecule has 0 aliphatic heterocycles. The molecule has 0 saturated heterocycles. The molecule has 2 rings (SSSR count). The minimum absolute atomic E-state index is 0.112. The molecule has 0 bridgehead atoms. The van der Waals surface area contributed by atoms with Crippen LogP contribution in [0.15, 0.2) is 48.5 Å². The Labute approximate surface area is 154 Å². The van der Waals surface area contributed by atoms with Gasteiger partial charge in [0.25, 0.3) is 5.91 Å². The van der Waals surface area contributed by atoms with Gasteiger partial charge in [0.05, 0.1) is 18.4 Å². The second-order valence-electron chi connectivity index (χ2n) is 6.10. The van der Waals surface area contributed by atoms with Gasteiger partial charge in [-0.05, 0) is 36.1 Å². The van der Waals surface area contributed by atoms with Crippen LogP contribution in [-0.4, -0.2) is 32.6 Å². The van der Waals surface area contributed by atoms with Crippen molar-refractivity contribution in [3.63, 3.8) is 0 Å². The molecule has 0 saturated carbocycles. The SMILES string of the molecule is CCC(C)c1ccccc1OCC(=O)N(C)c1ccccc1C(=O)OC. The van der Waals surface area contributed by atoms with E-state index in [1.54, 1.807) is 31.3 Å². The number of methoxy groups -OCH3 is 1. The molecule has 0 aromatic heterocycles. The van der Waals surface area contributed by atoms with E-state index in [1.807, 2.05) is 24.3 Å². The van der Waals surface area contributed by atoms with Crippen LogP contribution in [0.1, 0.15) is 42.1 Å². The summed E-state index contributed by atoms with van der Waals surface area (Å²) < 4.78 is 10.6. The third-order valence-corrected chi connectivity index (χ3v) is 4.46. The molecule has 5 nitrogen and oxygen atoms in total. The van der Waals surface area contributed by atoms with Crippen LogP contribution in [0.25, 0.3) is 0 Å². The van der Waals surface area contributed by atoms with Crippen molar-refractivity contribution in [3.05, 3.63) is 59.7 Å². The van der Waals surface area contributed by atoms with E-state index in [0.29, 0.717) is 22.9 Å². The molecule has 138 valence electrons. The van der Waals surface area contributed by atoms with Gasteiger partial charge in [0.2, 0.25) is 0 Å². The summed E-state index contributed by atoms with van der Waals surface area (Å²) in [7, 11) is 2.93. The minimum Gasteiger partial charge on any atom is -0.483 e. The van der Waals surface area contributed by atoms with Gasteiger partial charge >= 0.3 is 5.97 Å². The predicted octanol–water partition coefficient (Wildman–Crippen LogP) is 4.03. The monoisotopic (exact) mass is 355 g/mol. The summed E-state index contributed by atoms with van der Waals surface area (Å²) in [6.45, 7) is 4.13. The Morgan fingerprint density at radius 3 is 2.42 bits per heavy atom. The van der Waals surface area contributed by atoms with E-state index in [2.05, 4.69) is 13.8 Å². The van der Waals surface area contributed by atoms with Crippen LogP contribution in [0.3, 0.4) is 0 Å². The number of hydrogen-bond acceptors (Lipinski definition) is 4. The van der Waals surface area contributed by atoms with E-state index in [9.17, 15) is 9.59 Å². The Morgan fingerprint density at radius 2 is 1.73 bits per heavy atom. The van der Waals surface area contributed by atoms with E-state index in [0.717, 1.165) is 12.0 Å². The number of carbonyl (C=O) groups excluding carboxylic acids is 2. The Morgan fingerprint density at radius 1 is 1.08 bits per heavy atom. The number of likely N-dealkylation sites (N-methyl/N-ethyl adjacent to an activating group) is 1. The predicted molar refractivity (Wildman–Crippen MR) is 102 cm³/mol. The highest BCUT2D eigenvalue weighted by molar-refractivity contribution is 6.02. The fourth-order valence-corrected chi connectivity index (χ4v) is 2.66. The van der Waals surface area contributed by atoms with Gasteiger partial charge < -0.3 is 14.4 Å². The van der Waals surface area contributed by atoms with Crippen LogP contribution in [-0.2, 0) is 9.53 Å². The zero-order chi connectivity index (χ0) is 19.1. The lowest BCUT2D eigenvalue weighted by atomic mass is 9.98. The highest BCUT2D eigenvalue weighted by Crippen LogP contribution is 2.28. The lowest BCUT2D eigenvalue weighted by Gasteiger charge is -2.21. The highest BCUT2D eigenvalue weighted by atomic mass is 16.5. The van der Waals surface area contributed by atoms with Crippen molar-refractivity contribution in [1.29, 1.82) is 0 Å². The topological polar surface area (TPSA) is 55.8 Å². The second-order valence-corrected chi connectivity index (χ2v) is 6.10. The number of benzene rings is 2. The zero-order valence-electron chi connectivity index (χ0n) is 15.7. The van der Waals surface area contributed by atoms with Gasteiger partial charge in [-0.2, -0.15) is 0 Å². The first-order chi connectivity index (χ1) is 12.5. The Kier molecular flexibility index (Phi) is 6.78. The van der Waals surface area contributed by atoms with Crippen molar-refractivity contribution in [1.82, 2.24) is 0 Å². The van der Waals surface area contributed by atoms with E-state index in [4.69, 9.17) is 9.47 Å². The van der Waals surface area contributed by atoms with E-state index >= 15 is 0 Å². The van der Waals surface area contributed by atoms with Crippen LogP contribution < -0.4 is 9.64 Å². The average Bonchev–Trinajstić information content (AvgIpc) is 2.70.